The second-order valence-electron chi connectivity index (χ2n) is 4.44. The van der Waals surface area contributed by atoms with Crippen LogP contribution in [0, 0.1) is 10.1 Å². The summed E-state index contributed by atoms with van der Waals surface area (Å²) >= 11 is 0. The van der Waals surface area contributed by atoms with Gasteiger partial charge in [0.05, 0.1) is 17.2 Å². The molecule has 2 N–H and O–H groups in total. The van der Waals surface area contributed by atoms with Crippen LogP contribution in [0.4, 0.5) is 11.4 Å². The number of non-ortho nitro benzene ring substituents is 1. The van der Waals surface area contributed by atoms with Crippen LogP contribution in [0.3, 0.4) is 0 Å². The van der Waals surface area contributed by atoms with Gasteiger partial charge >= 0.3 is 11.9 Å². The number of nitrogens with zero attached hydrogens (tertiary/aromatic N) is 2. The summed E-state index contributed by atoms with van der Waals surface area (Å²) < 4.78 is 4.85. The van der Waals surface area contributed by atoms with Gasteiger partial charge in [-0.15, -0.1) is 0 Å². The number of ether oxygens (including phenoxy) is 1. The standard InChI is InChI=1S/C14H17N3O6/c1-2-23-14(20)12(4-3-5-13(18)19)16-15-10-6-8-11(9-7-10)17(21)22/h6-9,15H,2-5H2,1H3,(H,18,19). The maximum atomic E-state index is 11.8. The Bertz CT molecular complexity index is 597. The van der Waals surface area contributed by atoms with Gasteiger partial charge in [0.2, 0.25) is 0 Å². The molecule has 0 atom stereocenters. The monoisotopic (exact) mass is 323 g/mol. The van der Waals surface area contributed by atoms with E-state index in [0.717, 1.165) is 0 Å². The number of carboxylic acid groups (broad SMARTS) is 1. The molecule has 1 aromatic carbocycles. The lowest BCUT2D eigenvalue weighted by molar-refractivity contribution is -0.384. The molecule has 0 fully saturated rings. The summed E-state index contributed by atoms with van der Waals surface area (Å²) in [5.74, 6) is -1.59. The number of carboxylic acids is 1. The number of esters is 1. The van der Waals surface area contributed by atoms with E-state index in [1.54, 1.807) is 6.92 Å². The van der Waals surface area contributed by atoms with E-state index >= 15 is 0 Å². The summed E-state index contributed by atoms with van der Waals surface area (Å²) in [6, 6.07) is 5.49. The molecule has 124 valence electrons. The van der Waals surface area contributed by atoms with Crippen molar-refractivity contribution in [3.05, 3.63) is 34.4 Å². The number of aliphatic carboxylic acids is 1. The van der Waals surface area contributed by atoms with Crippen molar-refractivity contribution < 1.29 is 24.4 Å². The second kappa shape index (κ2) is 9.13. The molecule has 0 radical (unpaired) electrons. The van der Waals surface area contributed by atoms with Gasteiger partial charge in [0.1, 0.15) is 5.71 Å². The van der Waals surface area contributed by atoms with Crippen molar-refractivity contribution in [2.24, 2.45) is 5.10 Å². The van der Waals surface area contributed by atoms with Crippen LogP contribution in [0.5, 0.6) is 0 Å². The average molecular weight is 323 g/mol. The Balaban J connectivity index is 2.75. The summed E-state index contributed by atoms with van der Waals surface area (Å²) in [7, 11) is 0. The third-order valence-corrected chi connectivity index (χ3v) is 2.71. The summed E-state index contributed by atoms with van der Waals surface area (Å²) in [5.41, 5.74) is 3.06. The molecule has 0 spiro atoms. The SMILES string of the molecule is CCOC(=O)C(CCCC(=O)O)=NNc1ccc([N+](=O)[O-])cc1. The largest absolute Gasteiger partial charge is 0.481 e. The van der Waals surface area contributed by atoms with Gasteiger partial charge in [0.15, 0.2) is 0 Å². The minimum Gasteiger partial charge on any atom is -0.481 e. The predicted octanol–water partition coefficient (Wildman–Crippen LogP) is 2.18. The van der Waals surface area contributed by atoms with E-state index in [0.29, 0.717) is 5.69 Å². The highest BCUT2D eigenvalue weighted by atomic mass is 16.6. The van der Waals surface area contributed by atoms with E-state index in [2.05, 4.69) is 10.5 Å². The summed E-state index contributed by atoms with van der Waals surface area (Å²) in [5, 5.41) is 23.1. The number of hydrogen-bond acceptors (Lipinski definition) is 7. The molecule has 0 aliphatic heterocycles. The van der Waals surface area contributed by atoms with E-state index in [4.69, 9.17) is 9.84 Å². The van der Waals surface area contributed by atoms with Crippen molar-refractivity contribution >= 4 is 29.0 Å². The van der Waals surface area contributed by atoms with Crippen molar-refractivity contribution in [1.29, 1.82) is 0 Å². The van der Waals surface area contributed by atoms with Gasteiger partial charge in [-0.25, -0.2) is 4.79 Å². The Kier molecular flexibility index (Phi) is 7.18. The number of carbonyl (C=O) groups excluding carboxylic acids is 1. The van der Waals surface area contributed by atoms with E-state index in [9.17, 15) is 19.7 Å². The lowest BCUT2D eigenvalue weighted by atomic mass is 10.1. The fraction of sp³-hybridized carbons (Fsp3) is 0.357. The van der Waals surface area contributed by atoms with Crippen molar-refractivity contribution in [3.63, 3.8) is 0 Å². The lowest BCUT2D eigenvalue weighted by Crippen LogP contribution is -2.19. The smallest absolute Gasteiger partial charge is 0.354 e. The lowest BCUT2D eigenvalue weighted by Gasteiger charge is -2.06. The van der Waals surface area contributed by atoms with Crippen LogP contribution in [0.1, 0.15) is 26.2 Å². The second-order valence-corrected chi connectivity index (χ2v) is 4.44. The molecular weight excluding hydrogens is 306 g/mol. The van der Waals surface area contributed by atoms with Gasteiger partial charge in [-0.2, -0.15) is 5.10 Å². The number of benzene rings is 1. The van der Waals surface area contributed by atoms with Gasteiger partial charge in [-0.05, 0) is 31.9 Å². The molecule has 0 unspecified atom stereocenters. The van der Waals surface area contributed by atoms with Gasteiger partial charge < -0.3 is 9.84 Å². The molecular formula is C14H17N3O6. The number of hydrogen-bond donors (Lipinski definition) is 2. The topological polar surface area (TPSA) is 131 Å². The number of nitro groups is 1. The zero-order valence-corrected chi connectivity index (χ0v) is 12.5. The van der Waals surface area contributed by atoms with Gasteiger partial charge in [0.25, 0.3) is 5.69 Å². The van der Waals surface area contributed by atoms with Crippen molar-refractivity contribution in [1.82, 2.24) is 0 Å². The fourth-order valence-electron chi connectivity index (χ4n) is 1.61. The van der Waals surface area contributed by atoms with E-state index in [-0.39, 0.29) is 37.3 Å². The summed E-state index contributed by atoms with van der Waals surface area (Å²) in [6.07, 6.45) is 0.302. The molecule has 0 saturated carbocycles. The fourth-order valence-corrected chi connectivity index (χ4v) is 1.61. The Morgan fingerprint density at radius 2 is 1.96 bits per heavy atom. The van der Waals surface area contributed by atoms with Crippen LogP contribution in [-0.4, -0.2) is 34.3 Å². The molecule has 0 amide bonds. The van der Waals surface area contributed by atoms with Crippen LogP contribution in [0.25, 0.3) is 0 Å². The Hall–Kier alpha value is -2.97. The minimum atomic E-state index is -0.962. The third-order valence-electron chi connectivity index (χ3n) is 2.71. The molecule has 1 rings (SSSR count). The predicted molar refractivity (Wildman–Crippen MR) is 82.3 cm³/mol. The Morgan fingerprint density at radius 3 is 2.48 bits per heavy atom. The first-order chi connectivity index (χ1) is 10.9. The molecule has 9 heteroatoms. The zero-order chi connectivity index (χ0) is 17.2. The zero-order valence-electron chi connectivity index (χ0n) is 12.5. The first-order valence-electron chi connectivity index (χ1n) is 6.90. The highest BCUT2D eigenvalue weighted by Crippen LogP contribution is 2.15. The van der Waals surface area contributed by atoms with Gasteiger partial charge in [-0.3, -0.25) is 20.3 Å². The molecule has 1 aromatic rings. The van der Waals surface area contributed by atoms with Crippen LogP contribution >= 0.6 is 0 Å². The maximum Gasteiger partial charge on any atom is 0.354 e. The van der Waals surface area contributed by atoms with E-state index in [1.807, 2.05) is 0 Å². The molecule has 23 heavy (non-hydrogen) atoms. The number of anilines is 1. The molecule has 9 nitrogen and oxygen atoms in total. The molecule has 0 bridgehead atoms. The van der Waals surface area contributed by atoms with Crippen LogP contribution < -0.4 is 5.43 Å². The summed E-state index contributed by atoms with van der Waals surface area (Å²) in [6.45, 7) is 1.82. The van der Waals surface area contributed by atoms with Gasteiger partial charge in [-0.1, -0.05) is 0 Å². The Morgan fingerprint density at radius 1 is 1.30 bits per heavy atom. The van der Waals surface area contributed by atoms with Crippen molar-refractivity contribution in [3.8, 4) is 0 Å². The van der Waals surface area contributed by atoms with Crippen LogP contribution in [0.2, 0.25) is 0 Å². The first-order valence-corrected chi connectivity index (χ1v) is 6.90. The first kappa shape index (κ1) is 18.1. The number of hydrazone groups is 1. The van der Waals surface area contributed by atoms with Crippen molar-refractivity contribution in [2.75, 3.05) is 12.0 Å². The van der Waals surface area contributed by atoms with Gasteiger partial charge in [0, 0.05) is 18.6 Å². The molecule has 0 aromatic heterocycles. The number of carbonyl (C=O) groups is 2. The number of nitrogens with one attached hydrogen (secondary N) is 1. The summed E-state index contributed by atoms with van der Waals surface area (Å²) in [4.78, 5) is 32.3. The minimum absolute atomic E-state index is 0.0615. The molecule has 0 heterocycles. The highest BCUT2D eigenvalue weighted by Gasteiger charge is 2.13. The third kappa shape index (κ3) is 6.55. The average Bonchev–Trinajstić information content (AvgIpc) is 2.50. The van der Waals surface area contributed by atoms with E-state index in [1.165, 1.54) is 24.3 Å². The highest BCUT2D eigenvalue weighted by molar-refractivity contribution is 6.36. The number of nitro benzene ring substituents is 1. The normalized spacial score (nSPS) is 10.9. The number of rotatable bonds is 9. The van der Waals surface area contributed by atoms with Crippen LogP contribution in [0.15, 0.2) is 29.4 Å². The maximum absolute atomic E-state index is 11.8. The Labute approximate surface area is 132 Å². The molecule has 0 aliphatic carbocycles. The quantitative estimate of drug-likeness (QED) is 0.308. The van der Waals surface area contributed by atoms with E-state index < -0.39 is 16.9 Å². The molecule has 0 aliphatic rings. The van der Waals surface area contributed by atoms with Crippen LogP contribution in [-0.2, 0) is 14.3 Å². The molecule has 0 saturated heterocycles. The van der Waals surface area contributed by atoms with Crippen molar-refractivity contribution in [2.45, 2.75) is 26.2 Å².